The van der Waals surface area contributed by atoms with Gasteiger partial charge in [0.2, 0.25) is 10.0 Å². The Hall–Kier alpha value is -1.51. The maximum Gasteiger partial charge on any atom is 0.255 e. The molecule has 22 heavy (non-hydrogen) atoms. The molecule has 0 atom stereocenters. The number of likely N-dealkylation sites (tertiary alicyclic amines) is 1. The number of hydrogen-bond donors (Lipinski definition) is 0. The molecule has 0 spiro atoms. The molecule has 0 aromatic carbocycles. The van der Waals surface area contributed by atoms with Crippen LogP contribution in [-0.4, -0.2) is 73.2 Å². The number of hydrogen-bond acceptors (Lipinski definition) is 5. The van der Waals surface area contributed by atoms with Gasteiger partial charge in [0.25, 0.3) is 5.91 Å². The van der Waals surface area contributed by atoms with Crippen molar-refractivity contribution >= 4 is 15.9 Å². The third kappa shape index (κ3) is 2.86. The van der Waals surface area contributed by atoms with Crippen molar-refractivity contribution in [1.29, 1.82) is 0 Å². The number of aromatic nitrogens is 1. The highest BCUT2D eigenvalue weighted by Crippen LogP contribution is 2.22. The van der Waals surface area contributed by atoms with Crippen molar-refractivity contribution < 1.29 is 17.9 Å². The maximum absolute atomic E-state index is 12.4. The van der Waals surface area contributed by atoms with Crippen LogP contribution in [0, 0.1) is 6.92 Å². The van der Waals surface area contributed by atoms with E-state index >= 15 is 0 Å². The SMILES string of the molecule is Cc1ccc(C(=O)N2CC(S(=O)(=O)N3CCOCC3)C2)cn1. The fraction of sp³-hybridized carbons (Fsp3) is 0.571. The van der Waals surface area contributed by atoms with E-state index < -0.39 is 15.3 Å². The molecule has 1 amide bonds. The van der Waals surface area contributed by atoms with Gasteiger partial charge < -0.3 is 9.64 Å². The van der Waals surface area contributed by atoms with E-state index in [0.717, 1.165) is 5.69 Å². The number of carbonyl (C=O) groups excluding carboxylic acids is 1. The van der Waals surface area contributed by atoms with Gasteiger partial charge in [-0.2, -0.15) is 4.31 Å². The summed E-state index contributed by atoms with van der Waals surface area (Å²) in [6.45, 7) is 4.00. The molecule has 3 rings (SSSR count). The summed E-state index contributed by atoms with van der Waals surface area (Å²) in [5.41, 5.74) is 1.33. The molecule has 0 aliphatic carbocycles. The molecule has 0 unspecified atom stereocenters. The van der Waals surface area contributed by atoms with Crippen molar-refractivity contribution in [2.45, 2.75) is 12.2 Å². The molecule has 2 aliphatic rings. The molecule has 1 aromatic rings. The Labute approximate surface area is 129 Å². The van der Waals surface area contributed by atoms with E-state index in [4.69, 9.17) is 4.74 Å². The van der Waals surface area contributed by atoms with Crippen molar-refractivity contribution in [2.24, 2.45) is 0 Å². The Bertz CT molecular complexity index is 647. The van der Waals surface area contributed by atoms with Crippen molar-refractivity contribution in [3.63, 3.8) is 0 Å². The van der Waals surface area contributed by atoms with Gasteiger partial charge in [0.1, 0.15) is 5.25 Å². The van der Waals surface area contributed by atoms with Crippen molar-refractivity contribution in [2.75, 3.05) is 39.4 Å². The number of carbonyl (C=O) groups is 1. The number of morpholine rings is 1. The van der Waals surface area contributed by atoms with Gasteiger partial charge in [0.15, 0.2) is 0 Å². The number of nitrogens with zero attached hydrogens (tertiary/aromatic N) is 3. The second-order valence-electron chi connectivity index (χ2n) is 5.58. The molecule has 0 N–H and O–H groups in total. The third-order valence-corrected chi connectivity index (χ3v) is 6.27. The summed E-state index contributed by atoms with van der Waals surface area (Å²) in [6.07, 6.45) is 1.53. The van der Waals surface area contributed by atoms with E-state index in [2.05, 4.69) is 4.98 Å². The van der Waals surface area contributed by atoms with Gasteiger partial charge >= 0.3 is 0 Å². The summed E-state index contributed by atoms with van der Waals surface area (Å²) in [6, 6.07) is 3.49. The molecule has 1 aromatic heterocycles. The highest BCUT2D eigenvalue weighted by atomic mass is 32.2. The summed E-state index contributed by atoms with van der Waals surface area (Å²) < 4.78 is 31.5. The smallest absolute Gasteiger partial charge is 0.255 e. The first-order chi connectivity index (χ1) is 10.5. The number of ether oxygens (including phenoxy) is 1. The summed E-state index contributed by atoms with van der Waals surface area (Å²) in [5.74, 6) is -0.166. The van der Waals surface area contributed by atoms with E-state index in [1.165, 1.54) is 10.5 Å². The first kappa shape index (κ1) is 15.4. The number of amides is 1. The Kier molecular flexibility index (Phi) is 4.16. The second kappa shape index (κ2) is 5.94. The molecule has 8 heteroatoms. The fourth-order valence-electron chi connectivity index (χ4n) is 2.58. The topological polar surface area (TPSA) is 79.8 Å². The zero-order chi connectivity index (χ0) is 15.7. The predicted molar refractivity (Wildman–Crippen MR) is 80.0 cm³/mol. The maximum atomic E-state index is 12.4. The first-order valence-electron chi connectivity index (χ1n) is 7.27. The van der Waals surface area contributed by atoms with E-state index in [0.29, 0.717) is 31.9 Å². The zero-order valence-corrected chi connectivity index (χ0v) is 13.3. The monoisotopic (exact) mass is 325 g/mol. The first-order valence-corrected chi connectivity index (χ1v) is 8.77. The van der Waals surface area contributed by atoms with Crippen LogP contribution in [0.15, 0.2) is 18.3 Å². The summed E-state index contributed by atoms with van der Waals surface area (Å²) in [5, 5.41) is -0.507. The normalized spacial score (nSPS) is 20.7. The largest absolute Gasteiger partial charge is 0.379 e. The van der Waals surface area contributed by atoms with Crippen molar-refractivity contribution in [3.05, 3.63) is 29.6 Å². The van der Waals surface area contributed by atoms with Crippen LogP contribution in [0.4, 0.5) is 0 Å². The molecule has 0 bridgehead atoms. The minimum Gasteiger partial charge on any atom is -0.379 e. The average Bonchev–Trinajstić information content (AvgIpc) is 2.47. The summed E-state index contributed by atoms with van der Waals surface area (Å²) in [4.78, 5) is 17.9. The van der Waals surface area contributed by atoms with Crippen molar-refractivity contribution in [1.82, 2.24) is 14.2 Å². The van der Waals surface area contributed by atoms with Gasteiger partial charge in [-0.25, -0.2) is 8.42 Å². The Morgan fingerprint density at radius 3 is 2.55 bits per heavy atom. The van der Waals surface area contributed by atoms with Crippen molar-refractivity contribution in [3.8, 4) is 0 Å². The van der Waals surface area contributed by atoms with Crippen LogP contribution in [-0.2, 0) is 14.8 Å². The molecule has 2 fully saturated rings. The zero-order valence-electron chi connectivity index (χ0n) is 12.4. The molecule has 2 saturated heterocycles. The van der Waals surface area contributed by atoms with Gasteiger partial charge in [-0.05, 0) is 19.1 Å². The summed E-state index contributed by atoms with van der Waals surface area (Å²) >= 11 is 0. The van der Waals surface area contributed by atoms with Gasteiger partial charge in [-0.1, -0.05) is 0 Å². The molecular weight excluding hydrogens is 306 g/mol. The van der Waals surface area contributed by atoms with E-state index in [-0.39, 0.29) is 19.0 Å². The number of pyridine rings is 1. The quantitative estimate of drug-likeness (QED) is 0.774. The van der Waals surface area contributed by atoms with Crippen LogP contribution in [0.5, 0.6) is 0 Å². The average molecular weight is 325 g/mol. The summed E-state index contributed by atoms with van der Waals surface area (Å²) in [7, 11) is -3.34. The van der Waals surface area contributed by atoms with Crippen LogP contribution < -0.4 is 0 Å². The van der Waals surface area contributed by atoms with Gasteiger partial charge in [-0.3, -0.25) is 9.78 Å². The molecule has 3 heterocycles. The molecular formula is C14H19N3O4S. The lowest BCUT2D eigenvalue weighted by atomic mass is 10.1. The lowest BCUT2D eigenvalue weighted by Gasteiger charge is -2.41. The molecule has 0 radical (unpaired) electrons. The minimum atomic E-state index is -3.34. The van der Waals surface area contributed by atoms with Gasteiger partial charge in [-0.15, -0.1) is 0 Å². The lowest BCUT2D eigenvalue weighted by Crippen LogP contribution is -2.60. The van der Waals surface area contributed by atoms with Crippen LogP contribution in [0.2, 0.25) is 0 Å². The predicted octanol–water partition coefficient (Wildman–Crippen LogP) is -0.124. The number of sulfonamides is 1. The number of rotatable bonds is 3. The van der Waals surface area contributed by atoms with Crippen LogP contribution in [0.3, 0.4) is 0 Å². The fourth-order valence-corrected chi connectivity index (χ4v) is 4.40. The Morgan fingerprint density at radius 1 is 1.27 bits per heavy atom. The molecule has 7 nitrogen and oxygen atoms in total. The van der Waals surface area contributed by atoms with Crippen LogP contribution in [0.1, 0.15) is 16.1 Å². The highest BCUT2D eigenvalue weighted by Gasteiger charge is 2.43. The van der Waals surface area contributed by atoms with Gasteiger partial charge in [0, 0.05) is 38.1 Å². The molecule has 120 valence electrons. The Morgan fingerprint density at radius 2 is 1.95 bits per heavy atom. The van der Waals surface area contributed by atoms with Crippen LogP contribution >= 0.6 is 0 Å². The van der Waals surface area contributed by atoms with Crippen LogP contribution in [0.25, 0.3) is 0 Å². The van der Waals surface area contributed by atoms with Gasteiger partial charge in [0.05, 0.1) is 18.8 Å². The molecule has 2 aliphatic heterocycles. The molecule has 0 saturated carbocycles. The van der Waals surface area contributed by atoms with E-state index in [1.807, 2.05) is 6.92 Å². The van der Waals surface area contributed by atoms with E-state index in [1.54, 1.807) is 17.0 Å². The third-order valence-electron chi connectivity index (χ3n) is 4.04. The highest BCUT2D eigenvalue weighted by molar-refractivity contribution is 7.89. The Balaban J connectivity index is 1.61. The minimum absolute atomic E-state index is 0.166. The second-order valence-corrected chi connectivity index (χ2v) is 7.79. The number of aryl methyl sites for hydroxylation is 1. The van der Waals surface area contributed by atoms with E-state index in [9.17, 15) is 13.2 Å². The standard InChI is InChI=1S/C14H19N3O4S/c1-11-2-3-12(8-15-11)14(18)16-9-13(10-16)22(19,20)17-4-6-21-7-5-17/h2-3,8,13H,4-7,9-10H2,1H3. The lowest BCUT2D eigenvalue weighted by molar-refractivity contribution is 0.0616.